The summed E-state index contributed by atoms with van der Waals surface area (Å²) < 4.78 is 5.66. The number of aromatic amines is 1. The second-order valence-corrected chi connectivity index (χ2v) is 4.32. The van der Waals surface area contributed by atoms with E-state index in [1.54, 1.807) is 13.2 Å². The first-order chi connectivity index (χ1) is 8.65. The summed E-state index contributed by atoms with van der Waals surface area (Å²) in [5.41, 5.74) is 3.38. The quantitative estimate of drug-likeness (QED) is 0.835. The molecule has 0 amide bonds. The molecule has 3 nitrogen and oxygen atoms in total. The molecule has 0 aliphatic heterocycles. The Bertz CT molecular complexity index is 683. The van der Waals surface area contributed by atoms with E-state index in [1.165, 1.54) is 0 Å². The first-order valence-corrected chi connectivity index (χ1v) is 5.85. The highest BCUT2D eigenvalue weighted by atomic mass is 32.1. The van der Waals surface area contributed by atoms with Crippen molar-refractivity contribution in [2.75, 3.05) is 7.11 Å². The number of nitrogens with zero attached hydrogens (tertiary/aromatic N) is 1. The molecule has 0 saturated carbocycles. The third-order valence-corrected chi connectivity index (χ3v) is 3.04. The van der Waals surface area contributed by atoms with Crippen LogP contribution in [0.5, 0.6) is 5.75 Å². The lowest BCUT2D eigenvalue weighted by Gasteiger charge is -2.08. The minimum absolute atomic E-state index is 0.459. The van der Waals surface area contributed by atoms with Gasteiger partial charge in [0.1, 0.15) is 16.5 Å². The summed E-state index contributed by atoms with van der Waals surface area (Å²) in [6, 6.07) is 11.6. The van der Waals surface area contributed by atoms with Crippen LogP contribution in [0.25, 0.3) is 11.3 Å². The molecular formula is C14H12N2OS. The van der Waals surface area contributed by atoms with E-state index in [2.05, 4.69) is 11.1 Å². The van der Waals surface area contributed by atoms with Crippen molar-refractivity contribution in [3.05, 3.63) is 46.1 Å². The van der Waals surface area contributed by atoms with Gasteiger partial charge < -0.3 is 9.72 Å². The molecule has 0 fully saturated rings. The van der Waals surface area contributed by atoms with E-state index < -0.39 is 0 Å². The molecule has 0 bridgehead atoms. The smallest absolute Gasteiger partial charge is 0.121 e. The van der Waals surface area contributed by atoms with Gasteiger partial charge in [-0.25, -0.2) is 0 Å². The minimum atomic E-state index is 0.459. The number of nitrogens with one attached hydrogen (secondary N) is 1. The van der Waals surface area contributed by atoms with E-state index in [1.807, 2.05) is 31.2 Å². The zero-order valence-corrected chi connectivity index (χ0v) is 11.0. The van der Waals surface area contributed by atoms with Crippen molar-refractivity contribution in [3.63, 3.8) is 0 Å². The van der Waals surface area contributed by atoms with Gasteiger partial charge in [0.05, 0.1) is 12.7 Å². The SMILES string of the molecule is COc1cccc(-c2[nH]c(=S)c(C#N)cc2C)c1. The molecule has 1 aromatic heterocycles. The predicted octanol–water partition coefficient (Wildman–Crippen LogP) is 3.60. The average Bonchev–Trinajstić information content (AvgIpc) is 2.41. The van der Waals surface area contributed by atoms with Crippen LogP contribution in [-0.2, 0) is 0 Å². The van der Waals surface area contributed by atoms with E-state index in [9.17, 15) is 0 Å². The molecule has 18 heavy (non-hydrogen) atoms. The number of methoxy groups -OCH3 is 1. The van der Waals surface area contributed by atoms with Crippen molar-refractivity contribution in [2.45, 2.75) is 6.92 Å². The predicted molar refractivity (Wildman–Crippen MR) is 73.1 cm³/mol. The van der Waals surface area contributed by atoms with Gasteiger partial charge in [-0.15, -0.1) is 0 Å². The third kappa shape index (κ3) is 2.27. The average molecular weight is 256 g/mol. The maximum Gasteiger partial charge on any atom is 0.121 e. The van der Waals surface area contributed by atoms with E-state index in [0.717, 1.165) is 22.6 Å². The second-order valence-electron chi connectivity index (χ2n) is 3.91. The van der Waals surface area contributed by atoms with Crippen LogP contribution in [0.3, 0.4) is 0 Å². The molecule has 1 aromatic carbocycles. The van der Waals surface area contributed by atoms with Crippen LogP contribution in [0, 0.1) is 22.9 Å². The lowest BCUT2D eigenvalue weighted by atomic mass is 10.1. The largest absolute Gasteiger partial charge is 0.497 e. The Labute approximate surface area is 111 Å². The van der Waals surface area contributed by atoms with Crippen LogP contribution >= 0.6 is 12.2 Å². The summed E-state index contributed by atoms with van der Waals surface area (Å²) in [7, 11) is 1.63. The number of pyridine rings is 1. The topological polar surface area (TPSA) is 48.8 Å². The number of H-pyrrole nitrogens is 1. The molecule has 0 aliphatic rings. The summed E-state index contributed by atoms with van der Waals surface area (Å²) in [6.45, 7) is 1.95. The summed E-state index contributed by atoms with van der Waals surface area (Å²) in [5, 5.41) is 8.93. The van der Waals surface area contributed by atoms with Crippen molar-refractivity contribution in [3.8, 4) is 23.1 Å². The lowest BCUT2D eigenvalue weighted by Crippen LogP contribution is -1.93. The maximum absolute atomic E-state index is 8.93. The van der Waals surface area contributed by atoms with Gasteiger partial charge in [0, 0.05) is 11.3 Å². The Morgan fingerprint density at radius 2 is 2.11 bits per heavy atom. The number of hydrogen-bond acceptors (Lipinski definition) is 3. The first kappa shape index (κ1) is 12.3. The van der Waals surface area contributed by atoms with Crippen LogP contribution in [0.2, 0.25) is 0 Å². The molecule has 1 heterocycles. The number of hydrogen-bond donors (Lipinski definition) is 1. The summed E-state index contributed by atoms with van der Waals surface area (Å²) in [6.07, 6.45) is 0. The van der Waals surface area contributed by atoms with Crippen molar-refractivity contribution in [1.82, 2.24) is 4.98 Å². The Morgan fingerprint density at radius 3 is 2.78 bits per heavy atom. The van der Waals surface area contributed by atoms with Crippen molar-refractivity contribution < 1.29 is 4.74 Å². The van der Waals surface area contributed by atoms with Crippen molar-refractivity contribution in [2.24, 2.45) is 0 Å². The molecule has 0 unspecified atom stereocenters. The molecule has 0 aliphatic carbocycles. The highest BCUT2D eigenvalue weighted by Crippen LogP contribution is 2.25. The molecule has 0 spiro atoms. The number of aromatic nitrogens is 1. The third-order valence-electron chi connectivity index (χ3n) is 2.72. The van der Waals surface area contributed by atoms with Gasteiger partial charge in [0.2, 0.25) is 0 Å². The van der Waals surface area contributed by atoms with Gasteiger partial charge in [0.25, 0.3) is 0 Å². The standard InChI is InChI=1S/C14H12N2OS/c1-9-6-11(8-15)14(18)16-13(9)10-4-3-5-12(7-10)17-2/h3-7H,1-2H3,(H,16,18). The number of ether oxygens (including phenoxy) is 1. The summed E-state index contributed by atoms with van der Waals surface area (Å²) >= 11 is 5.15. The highest BCUT2D eigenvalue weighted by Gasteiger charge is 2.06. The zero-order chi connectivity index (χ0) is 13.1. The molecule has 0 radical (unpaired) electrons. The van der Waals surface area contributed by atoms with Gasteiger partial charge in [-0.3, -0.25) is 0 Å². The van der Waals surface area contributed by atoms with Crippen LogP contribution in [-0.4, -0.2) is 12.1 Å². The Morgan fingerprint density at radius 1 is 1.33 bits per heavy atom. The van der Waals surface area contributed by atoms with Crippen LogP contribution < -0.4 is 4.74 Å². The number of aryl methyl sites for hydroxylation is 1. The number of benzene rings is 1. The molecule has 1 N–H and O–H groups in total. The Balaban J connectivity index is 2.61. The maximum atomic E-state index is 8.93. The van der Waals surface area contributed by atoms with E-state index in [0.29, 0.717) is 10.2 Å². The zero-order valence-electron chi connectivity index (χ0n) is 10.2. The fourth-order valence-electron chi connectivity index (χ4n) is 1.80. The van der Waals surface area contributed by atoms with Gasteiger partial charge in [-0.1, -0.05) is 24.4 Å². The fraction of sp³-hybridized carbons (Fsp3) is 0.143. The molecule has 2 rings (SSSR count). The number of rotatable bonds is 2. The van der Waals surface area contributed by atoms with Gasteiger partial charge in [0.15, 0.2) is 0 Å². The highest BCUT2D eigenvalue weighted by molar-refractivity contribution is 7.71. The monoisotopic (exact) mass is 256 g/mol. The molecule has 2 aromatic rings. The molecule has 0 atom stereocenters. The Kier molecular flexibility index (Phi) is 3.45. The molecule has 90 valence electrons. The summed E-state index contributed by atoms with van der Waals surface area (Å²) in [4.78, 5) is 3.10. The lowest BCUT2D eigenvalue weighted by molar-refractivity contribution is 0.415. The van der Waals surface area contributed by atoms with Crippen molar-refractivity contribution >= 4 is 12.2 Å². The van der Waals surface area contributed by atoms with Crippen LogP contribution in [0.1, 0.15) is 11.1 Å². The van der Waals surface area contributed by atoms with Gasteiger partial charge >= 0.3 is 0 Å². The molecule has 4 heteroatoms. The van der Waals surface area contributed by atoms with E-state index in [4.69, 9.17) is 22.2 Å². The second kappa shape index (κ2) is 5.03. The number of nitriles is 1. The Hall–Kier alpha value is -2.12. The normalized spacial score (nSPS) is 9.83. The van der Waals surface area contributed by atoms with Crippen LogP contribution in [0.4, 0.5) is 0 Å². The van der Waals surface area contributed by atoms with E-state index >= 15 is 0 Å². The van der Waals surface area contributed by atoms with E-state index in [-0.39, 0.29) is 0 Å². The first-order valence-electron chi connectivity index (χ1n) is 5.44. The van der Waals surface area contributed by atoms with Crippen LogP contribution in [0.15, 0.2) is 30.3 Å². The minimum Gasteiger partial charge on any atom is -0.497 e. The van der Waals surface area contributed by atoms with Crippen molar-refractivity contribution in [1.29, 1.82) is 5.26 Å². The van der Waals surface area contributed by atoms with Gasteiger partial charge in [-0.2, -0.15) is 5.26 Å². The fourth-order valence-corrected chi connectivity index (χ4v) is 2.00. The summed E-state index contributed by atoms with van der Waals surface area (Å²) in [5.74, 6) is 0.788. The van der Waals surface area contributed by atoms with Gasteiger partial charge in [-0.05, 0) is 30.7 Å². The molecular weight excluding hydrogens is 244 g/mol. The molecule has 0 saturated heterocycles.